The molecule has 1 aromatic heterocycles. The fraction of sp³-hybridized carbons (Fsp3) is 0.200. The molecule has 1 fully saturated rings. The van der Waals surface area contributed by atoms with E-state index in [2.05, 4.69) is 167 Å². The zero-order chi connectivity index (χ0) is 33.4. The Balaban J connectivity index is 1.16. The molecule has 7 aromatic rings. The van der Waals surface area contributed by atoms with E-state index in [1.165, 1.54) is 83.1 Å². The molecule has 4 heteroatoms. The zero-order valence-corrected chi connectivity index (χ0v) is 28.9. The smallest absolute Gasteiger partial charge is 0.399 e. The second kappa shape index (κ2) is 9.62. The molecule has 238 valence electrons. The van der Waals surface area contributed by atoms with Crippen molar-refractivity contribution >= 4 is 34.4 Å². The van der Waals surface area contributed by atoms with Crippen LogP contribution >= 0.6 is 0 Å². The van der Waals surface area contributed by atoms with Crippen LogP contribution in [-0.4, -0.2) is 22.9 Å². The van der Waals surface area contributed by atoms with Gasteiger partial charge >= 0.3 is 7.12 Å². The van der Waals surface area contributed by atoms with Crippen molar-refractivity contribution in [3.63, 3.8) is 0 Å². The van der Waals surface area contributed by atoms with Gasteiger partial charge in [0.2, 0.25) is 0 Å². The molecule has 3 heterocycles. The van der Waals surface area contributed by atoms with Crippen molar-refractivity contribution in [2.24, 2.45) is 0 Å². The Morgan fingerprint density at radius 3 is 1.98 bits per heavy atom. The summed E-state index contributed by atoms with van der Waals surface area (Å²) in [5.74, 6) is 0. The molecule has 6 aromatic carbocycles. The molecule has 1 saturated heterocycles. The van der Waals surface area contributed by atoms with Crippen LogP contribution < -0.4 is 5.46 Å². The van der Waals surface area contributed by atoms with E-state index in [1.54, 1.807) is 0 Å². The first-order chi connectivity index (χ1) is 23.5. The fourth-order valence-electron chi connectivity index (χ4n) is 8.71. The van der Waals surface area contributed by atoms with Crippen LogP contribution in [0.25, 0.3) is 72.0 Å². The number of hydrogen-bond donors (Lipinski definition) is 0. The van der Waals surface area contributed by atoms with Crippen LogP contribution in [0.4, 0.5) is 0 Å². The van der Waals surface area contributed by atoms with Crippen LogP contribution in [0.15, 0.2) is 121 Å². The maximum atomic E-state index is 6.32. The molecule has 49 heavy (non-hydrogen) atoms. The quantitative estimate of drug-likeness (QED) is 0.180. The van der Waals surface area contributed by atoms with Crippen LogP contribution in [0, 0.1) is 0 Å². The summed E-state index contributed by atoms with van der Waals surface area (Å²) >= 11 is 0. The standard InChI is InChI=1S/C45H38BNO2/c1-43(2)35-17-10-16-33-32-14-7-8-18-37(32)47-38-19-11-15-31(39(38)34-24-25-36(43)41(40(33)35)42(34)47)29-13-9-12-28(26-29)27-20-22-30(23-21-27)46-48-44(3,4)45(5,6)49-46/h7-26H,1-6H3. The third-order valence-corrected chi connectivity index (χ3v) is 12.0. The van der Waals surface area contributed by atoms with Crippen LogP contribution in [0.2, 0.25) is 0 Å². The summed E-state index contributed by atoms with van der Waals surface area (Å²) in [7, 11) is -0.368. The van der Waals surface area contributed by atoms with E-state index in [4.69, 9.17) is 9.31 Å². The van der Waals surface area contributed by atoms with Crippen molar-refractivity contribution < 1.29 is 9.31 Å². The Hall–Kier alpha value is -4.90. The van der Waals surface area contributed by atoms with Crippen molar-refractivity contribution in [3.05, 3.63) is 132 Å². The number of rotatable bonds is 3. The molecular formula is C45H38BNO2. The third kappa shape index (κ3) is 3.82. The van der Waals surface area contributed by atoms with E-state index in [0.717, 1.165) is 5.46 Å². The van der Waals surface area contributed by atoms with Gasteiger partial charge in [-0.2, -0.15) is 0 Å². The molecule has 3 aliphatic rings. The first-order valence-electron chi connectivity index (χ1n) is 17.5. The number of benzene rings is 6. The third-order valence-electron chi connectivity index (χ3n) is 12.0. The number of para-hydroxylation sites is 1. The summed E-state index contributed by atoms with van der Waals surface area (Å²) in [6.07, 6.45) is 0. The van der Waals surface area contributed by atoms with Gasteiger partial charge in [-0.25, -0.2) is 0 Å². The summed E-state index contributed by atoms with van der Waals surface area (Å²) in [5, 5.41) is 2.60. The normalized spacial score (nSPS) is 17.5. The van der Waals surface area contributed by atoms with E-state index in [1.807, 2.05) is 0 Å². The maximum absolute atomic E-state index is 6.32. The first kappa shape index (κ1) is 29.1. The number of aromatic nitrogens is 1. The maximum Gasteiger partial charge on any atom is 0.494 e. The largest absolute Gasteiger partial charge is 0.494 e. The zero-order valence-electron chi connectivity index (χ0n) is 28.9. The van der Waals surface area contributed by atoms with Gasteiger partial charge < -0.3 is 13.9 Å². The molecule has 0 radical (unpaired) electrons. The molecule has 1 aliphatic carbocycles. The van der Waals surface area contributed by atoms with Crippen molar-refractivity contribution in [3.8, 4) is 50.2 Å². The van der Waals surface area contributed by atoms with Crippen LogP contribution in [0.1, 0.15) is 52.7 Å². The summed E-state index contributed by atoms with van der Waals surface area (Å²) in [6.45, 7) is 13.2. The Morgan fingerprint density at radius 2 is 1.18 bits per heavy atom. The summed E-state index contributed by atoms with van der Waals surface area (Å²) in [5.41, 5.74) is 17.1. The molecule has 0 saturated carbocycles. The Morgan fingerprint density at radius 1 is 0.531 bits per heavy atom. The fourth-order valence-corrected chi connectivity index (χ4v) is 8.71. The molecular weight excluding hydrogens is 597 g/mol. The molecule has 3 nitrogen and oxygen atoms in total. The lowest BCUT2D eigenvalue weighted by atomic mass is 9.78. The Kier molecular flexibility index (Phi) is 5.71. The Bertz CT molecular complexity index is 2520. The lowest BCUT2D eigenvalue weighted by Gasteiger charge is -2.32. The van der Waals surface area contributed by atoms with Crippen molar-refractivity contribution in [1.29, 1.82) is 0 Å². The molecule has 0 unspecified atom stereocenters. The van der Waals surface area contributed by atoms with E-state index in [9.17, 15) is 0 Å². The summed E-state index contributed by atoms with van der Waals surface area (Å²) in [6, 6.07) is 45.1. The predicted octanol–water partition coefficient (Wildman–Crippen LogP) is 10.7. The van der Waals surface area contributed by atoms with Gasteiger partial charge in [-0.05, 0) is 95.9 Å². The molecule has 0 atom stereocenters. The van der Waals surface area contributed by atoms with Gasteiger partial charge in [-0.3, -0.25) is 0 Å². The van der Waals surface area contributed by atoms with Gasteiger partial charge in [0.1, 0.15) is 0 Å². The van der Waals surface area contributed by atoms with Crippen LogP contribution in [0.5, 0.6) is 0 Å². The highest BCUT2D eigenvalue weighted by Crippen LogP contribution is 2.58. The number of nitrogens with zero attached hydrogens (tertiary/aromatic N) is 1. The first-order valence-corrected chi connectivity index (χ1v) is 17.5. The second-order valence-electron chi connectivity index (χ2n) is 15.6. The molecule has 2 aliphatic heterocycles. The minimum atomic E-state index is -0.368. The molecule has 10 rings (SSSR count). The molecule has 0 bridgehead atoms. The van der Waals surface area contributed by atoms with Gasteiger partial charge in [-0.15, -0.1) is 0 Å². The predicted molar refractivity (Wildman–Crippen MR) is 204 cm³/mol. The van der Waals surface area contributed by atoms with Crippen LogP contribution in [0.3, 0.4) is 0 Å². The van der Waals surface area contributed by atoms with Crippen molar-refractivity contribution in [2.75, 3.05) is 0 Å². The lowest BCUT2D eigenvalue weighted by molar-refractivity contribution is 0.00578. The van der Waals surface area contributed by atoms with E-state index < -0.39 is 0 Å². The van der Waals surface area contributed by atoms with Crippen molar-refractivity contribution in [1.82, 2.24) is 4.57 Å². The number of fused-ring (bicyclic) bond motifs is 6. The van der Waals surface area contributed by atoms with Gasteiger partial charge in [0.25, 0.3) is 0 Å². The average molecular weight is 636 g/mol. The van der Waals surface area contributed by atoms with E-state index >= 15 is 0 Å². The SMILES string of the molecule is CC1(C)c2cccc3c2-c2c1ccc1c4c(-c5cccc(-c6ccc(B7OC(C)(C)C(C)(C)O7)cc6)c5)cccc4n(c21)-c1ccccc1-3. The highest BCUT2D eigenvalue weighted by Gasteiger charge is 2.51. The van der Waals surface area contributed by atoms with Crippen molar-refractivity contribution in [2.45, 2.75) is 58.2 Å². The van der Waals surface area contributed by atoms with Gasteiger partial charge in [0.05, 0.1) is 27.9 Å². The Labute approximate surface area is 288 Å². The van der Waals surface area contributed by atoms with E-state index in [-0.39, 0.29) is 23.7 Å². The second-order valence-corrected chi connectivity index (χ2v) is 15.6. The lowest BCUT2D eigenvalue weighted by Crippen LogP contribution is -2.41. The number of hydrogen-bond acceptors (Lipinski definition) is 2. The van der Waals surface area contributed by atoms with Crippen LogP contribution in [-0.2, 0) is 14.7 Å². The van der Waals surface area contributed by atoms with Gasteiger partial charge in [0.15, 0.2) is 0 Å². The average Bonchev–Trinajstić information content (AvgIpc) is 3.61. The topological polar surface area (TPSA) is 23.4 Å². The molecule has 0 amide bonds. The summed E-state index contributed by atoms with van der Waals surface area (Å²) < 4.78 is 15.2. The molecule has 0 N–H and O–H groups in total. The van der Waals surface area contributed by atoms with Gasteiger partial charge in [0, 0.05) is 27.3 Å². The summed E-state index contributed by atoms with van der Waals surface area (Å²) in [4.78, 5) is 0. The minimum Gasteiger partial charge on any atom is -0.399 e. The minimum absolute atomic E-state index is 0.0719. The highest BCUT2D eigenvalue weighted by atomic mass is 16.7. The highest BCUT2D eigenvalue weighted by molar-refractivity contribution is 6.62. The molecule has 0 spiro atoms. The van der Waals surface area contributed by atoms with E-state index in [0.29, 0.717) is 0 Å². The monoisotopic (exact) mass is 635 g/mol. The van der Waals surface area contributed by atoms with Gasteiger partial charge in [-0.1, -0.05) is 117 Å².